The number of pyridine rings is 1. The number of hydrogen-bond donors (Lipinski definition) is 1. The molecule has 1 N–H and O–H groups in total. The lowest BCUT2D eigenvalue weighted by atomic mass is 10.00. The molecule has 8 nitrogen and oxygen atoms in total. The van der Waals surface area contributed by atoms with Crippen molar-refractivity contribution in [3.05, 3.63) is 51.6 Å². The van der Waals surface area contributed by atoms with Gasteiger partial charge in [-0.15, -0.1) is 5.10 Å². The molecule has 4 rings (SSSR count). The summed E-state index contributed by atoms with van der Waals surface area (Å²) in [5.41, 5.74) is 2.42. The Balaban J connectivity index is 1.89. The average Bonchev–Trinajstić information content (AvgIpc) is 3.19. The molecule has 1 fully saturated rings. The molecular weight excluding hydrogens is 378 g/mol. The topological polar surface area (TPSA) is 82.9 Å². The Labute approximate surface area is 176 Å². The molecule has 3 heterocycles. The van der Waals surface area contributed by atoms with Gasteiger partial charge < -0.3 is 9.88 Å². The minimum atomic E-state index is -0.300. The normalized spacial score (nSPS) is 17.5. The van der Waals surface area contributed by atoms with Crippen LogP contribution in [0.25, 0.3) is 10.9 Å². The van der Waals surface area contributed by atoms with Crippen molar-refractivity contribution in [2.24, 2.45) is 0 Å². The van der Waals surface area contributed by atoms with Crippen molar-refractivity contribution in [3.63, 3.8) is 0 Å². The SMILES string of the molecule is CCc1ccc2[nH]c(=O)c(C(c3nnnn3C(C)(C)C)N3CCN(C)CC3)cc2c1. The van der Waals surface area contributed by atoms with E-state index < -0.39 is 0 Å². The number of piperazine rings is 1. The minimum Gasteiger partial charge on any atom is -0.322 e. The van der Waals surface area contributed by atoms with Crippen molar-refractivity contribution in [1.82, 2.24) is 35.0 Å². The largest absolute Gasteiger partial charge is 0.322 e. The van der Waals surface area contributed by atoms with Crippen molar-refractivity contribution in [2.45, 2.75) is 45.7 Å². The van der Waals surface area contributed by atoms with Crippen LogP contribution in [0.5, 0.6) is 0 Å². The van der Waals surface area contributed by atoms with Gasteiger partial charge in [0.05, 0.1) is 5.54 Å². The number of H-pyrrole nitrogens is 1. The Morgan fingerprint density at radius 1 is 1.13 bits per heavy atom. The highest BCUT2D eigenvalue weighted by Gasteiger charge is 2.34. The highest BCUT2D eigenvalue weighted by Crippen LogP contribution is 2.30. The van der Waals surface area contributed by atoms with Crippen LogP contribution < -0.4 is 5.56 Å². The van der Waals surface area contributed by atoms with Crippen molar-refractivity contribution < 1.29 is 0 Å². The maximum absolute atomic E-state index is 13.2. The molecule has 2 aromatic heterocycles. The van der Waals surface area contributed by atoms with E-state index in [1.165, 1.54) is 5.56 Å². The van der Waals surface area contributed by atoms with Gasteiger partial charge in [0.1, 0.15) is 6.04 Å². The maximum Gasteiger partial charge on any atom is 0.253 e. The maximum atomic E-state index is 13.2. The number of aromatic nitrogens is 5. The molecule has 30 heavy (non-hydrogen) atoms. The second kappa shape index (κ2) is 7.92. The fourth-order valence-corrected chi connectivity index (χ4v) is 4.12. The van der Waals surface area contributed by atoms with Gasteiger partial charge in [-0.3, -0.25) is 9.69 Å². The van der Waals surface area contributed by atoms with Crippen molar-refractivity contribution in [3.8, 4) is 0 Å². The van der Waals surface area contributed by atoms with Crippen LogP contribution >= 0.6 is 0 Å². The third-order valence-electron chi connectivity index (χ3n) is 5.92. The van der Waals surface area contributed by atoms with Gasteiger partial charge >= 0.3 is 0 Å². The molecule has 3 aromatic rings. The fourth-order valence-electron chi connectivity index (χ4n) is 4.12. The zero-order valence-electron chi connectivity index (χ0n) is 18.5. The number of fused-ring (bicyclic) bond motifs is 1. The number of benzene rings is 1. The van der Waals surface area contributed by atoms with E-state index in [9.17, 15) is 4.79 Å². The first kappa shape index (κ1) is 20.7. The van der Waals surface area contributed by atoms with E-state index in [1.54, 1.807) is 0 Å². The molecular formula is C22H31N7O. The van der Waals surface area contributed by atoms with Crippen LogP contribution in [-0.4, -0.2) is 68.2 Å². The Morgan fingerprint density at radius 2 is 1.87 bits per heavy atom. The Hall–Kier alpha value is -2.58. The summed E-state index contributed by atoms with van der Waals surface area (Å²) in [6, 6.07) is 7.94. The first-order valence-electron chi connectivity index (χ1n) is 10.6. The molecule has 1 unspecified atom stereocenters. The summed E-state index contributed by atoms with van der Waals surface area (Å²) in [7, 11) is 2.13. The summed E-state index contributed by atoms with van der Waals surface area (Å²) < 4.78 is 1.85. The second-order valence-corrected chi connectivity index (χ2v) is 9.19. The van der Waals surface area contributed by atoms with Crippen LogP contribution in [0.2, 0.25) is 0 Å². The van der Waals surface area contributed by atoms with Crippen LogP contribution in [-0.2, 0) is 12.0 Å². The number of nitrogens with zero attached hydrogens (tertiary/aromatic N) is 6. The van der Waals surface area contributed by atoms with Gasteiger partial charge in [-0.25, -0.2) is 4.68 Å². The third-order valence-corrected chi connectivity index (χ3v) is 5.92. The van der Waals surface area contributed by atoms with Gasteiger partial charge in [-0.1, -0.05) is 13.0 Å². The van der Waals surface area contributed by atoms with E-state index >= 15 is 0 Å². The molecule has 0 radical (unpaired) electrons. The molecule has 1 atom stereocenters. The van der Waals surface area contributed by atoms with Gasteiger partial charge in [0, 0.05) is 37.3 Å². The highest BCUT2D eigenvalue weighted by molar-refractivity contribution is 5.80. The standard InChI is InChI=1S/C22H31N7O/c1-6-15-7-8-18-16(13-15)14-17(21(30)23-18)19(28-11-9-27(5)10-12-28)20-24-25-26-29(20)22(2,3)4/h7-8,13-14,19H,6,9-12H2,1-5H3,(H,23,30). The number of rotatable bonds is 4. The van der Waals surface area contributed by atoms with Crippen LogP contribution in [0.1, 0.15) is 50.7 Å². The Bertz CT molecular complexity index is 1090. The lowest BCUT2D eigenvalue weighted by Gasteiger charge is -2.38. The summed E-state index contributed by atoms with van der Waals surface area (Å²) in [5, 5.41) is 13.7. The lowest BCUT2D eigenvalue weighted by molar-refractivity contribution is 0.118. The van der Waals surface area contributed by atoms with Gasteiger partial charge in [-0.2, -0.15) is 0 Å². The second-order valence-electron chi connectivity index (χ2n) is 9.19. The number of tetrazole rings is 1. The van der Waals surface area contributed by atoms with E-state index in [0.29, 0.717) is 11.4 Å². The highest BCUT2D eigenvalue weighted by atomic mass is 16.1. The number of aryl methyl sites for hydroxylation is 1. The molecule has 8 heteroatoms. The van der Waals surface area contributed by atoms with Gasteiger partial charge in [0.25, 0.3) is 5.56 Å². The van der Waals surface area contributed by atoms with E-state index in [0.717, 1.165) is 43.5 Å². The molecule has 1 saturated heterocycles. The molecule has 0 aliphatic carbocycles. The van der Waals surface area contributed by atoms with E-state index in [4.69, 9.17) is 0 Å². The average molecular weight is 410 g/mol. The Morgan fingerprint density at radius 3 is 2.53 bits per heavy atom. The predicted octanol–water partition coefficient (Wildman–Crippen LogP) is 2.17. The zero-order valence-corrected chi connectivity index (χ0v) is 18.5. The predicted molar refractivity (Wildman–Crippen MR) is 118 cm³/mol. The quantitative estimate of drug-likeness (QED) is 0.711. The number of nitrogens with one attached hydrogen (secondary N) is 1. The van der Waals surface area contributed by atoms with Crippen LogP contribution in [0, 0.1) is 0 Å². The number of aromatic amines is 1. The first-order valence-corrected chi connectivity index (χ1v) is 10.6. The third kappa shape index (κ3) is 3.89. The fraction of sp³-hybridized carbons (Fsp3) is 0.545. The van der Waals surface area contributed by atoms with E-state index in [2.05, 4.69) is 77.2 Å². The van der Waals surface area contributed by atoms with Crippen LogP contribution in [0.15, 0.2) is 29.1 Å². The van der Waals surface area contributed by atoms with Gasteiger partial charge in [0.15, 0.2) is 5.82 Å². The van der Waals surface area contributed by atoms with E-state index in [-0.39, 0.29) is 17.1 Å². The monoisotopic (exact) mass is 409 g/mol. The summed E-state index contributed by atoms with van der Waals surface area (Å²) in [6.07, 6.45) is 0.953. The molecule has 0 saturated carbocycles. The number of likely N-dealkylation sites (N-methyl/N-ethyl adjacent to an activating group) is 1. The molecule has 0 spiro atoms. The summed E-state index contributed by atoms with van der Waals surface area (Å²) in [4.78, 5) is 20.9. The molecule has 0 amide bonds. The zero-order chi connectivity index (χ0) is 21.5. The van der Waals surface area contributed by atoms with Crippen molar-refractivity contribution in [1.29, 1.82) is 0 Å². The lowest BCUT2D eigenvalue weighted by Crippen LogP contribution is -2.48. The summed E-state index contributed by atoms with van der Waals surface area (Å²) in [5.74, 6) is 0.712. The number of hydrogen-bond acceptors (Lipinski definition) is 6. The first-order chi connectivity index (χ1) is 14.3. The van der Waals surface area contributed by atoms with Gasteiger partial charge in [-0.05, 0) is 73.8 Å². The molecule has 160 valence electrons. The summed E-state index contributed by atoms with van der Waals surface area (Å²) in [6.45, 7) is 12.0. The summed E-state index contributed by atoms with van der Waals surface area (Å²) >= 11 is 0. The van der Waals surface area contributed by atoms with Crippen LogP contribution in [0.4, 0.5) is 0 Å². The van der Waals surface area contributed by atoms with Gasteiger partial charge in [0.2, 0.25) is 0 Å². The minimum absolute atomic E-state index is 0.0841. The Kier molecular flexibility index (Phi) is 5.46. The smallest absolute Gasteiger partial charge is 0.253 e. The molecule has 1 aliphatic rings. The van der Waals surface area contributed by atoms with Crippen molar-refractivity contribution >= 4 is 10.9 Å². The van der Waals surface area contributed by atoms with Crippen LogP contribution in [0.3, 0.4) is 0 Å². The molecule has 1 aliphatic heterocycles. The van der Waals surface area contributed by atoms with Crippen molar-refractivity contribution in [2.75, 3.05) is 33.2 Å². The van der Waals surface area contributed by atoms with E-state index in [1.807, 2.05) is 16.8 Å². The molecule has 1 aromatic carbocycles. The molecule has 0 bridgehead atoms.